The van der Waals surface area contributed by atoms with Gasteiger partial charge in [-0.1, -0.05) is 11.6 Å². The second-order valence-corrected chi connectivity index (χ2v) is 10.4. The summed E-state index contributed by atoms with van der Waals surface area (Å²) in [5.41, 5.74) is 8.39. The number of imidazole rings is 1. The van der Waals surface area contributed by atoms with Crippen molar-refractivity contribution in [1.29, 1.82) is 0 Å². The molecule has 1 aromatic carbocycles. The lowest BCUT2D eigenvalue weighted by atomic mass is 9.92. The van der Waals surface area contributed by atoms with E-state index in [1.807, 2.05) is 0 Å². The number of fused-ring (bicyclic) bond motifs is 1. The number of carbonyl (C=O) groups excluding carboxylic acids is 1. The van der Waals surface area contributed by atoms with Crippen LogP contribution in [0.5, 0.6) is 0 Å². The summed E-state index contributed by atoms with van der Waals surface area (Å²) in [5.74, 6) is -0.725. The lowest BCUT2D eigenvalue weighted by Crippen LogP contribution is -2.39. The first-order chi connectivity index (χ1) is 19.5. The number of aromatic nitrogens is 7. The third-order valence-corrected chi connectivity index (χ3v) is 8.07. The van der Waals surface area contributed by atoms with Crippen LogP contribution in [0.3, 0.4) is 0 Å². The Morgan fingerprint density at radius 3 is 2.77 bits per heavy atom. The highest BCUT2D eigenvalue weighted by Gasteiger charge is 2.42. The molecule has 204 valence electrons. The molecule has 4 aromatic rings. The normalized spacial score (nSPS) is 22.6. The van der Waals surface area contributed by atoms with E-state index in [1.54, 1.807) is 29.4 Å². The number of benzene rings is 1. The van der Waals surface area contributed by atoms with E-state index in [2.05, 4.69) is 41.3 Å². The van der Waals surface area contributed by atoms with E-state index in [0.717, 1.165) is 13.0 Å². The van der Waals surface area contributed by atoms with Gasteiger partial charge in [-0.3, -0.25) is 15.2 Å². The van der Waals surface area contributed by atoms with E-state index in [1.165, 1.54) is 23.2 Å². The summed E-state index contributed by atoms with van der Waals surface area (Å²) in [6.45, 7) is 0.732. The average Bonchev–Trinajstić information content (AvgIpc) is 3.77. The Balaban J connectivity index is 1.18. The van der Waals surface area contributed by atoms with E-state index in [9.17, 15) is 4.79 Å². The first kappa shape index (κ1) is 24.9. The first-order valence-corrected chi connectivity index (χ1v) is 13.3. The molecule has 7 rings (SSSR count). The van der Waals surface area contributed by atoms with E-state index in [0.29, 0.717) is 53.3 Å². The second-order valence-electron chi connectivity index (χ2n) is 10.0. The zero-order valence-corrected chi connectivity index (χ0v) is 21.7. The van der Waals surface area contributed by atoms with Crippen LogP contribution in [0.2, 0.25) is 5.02 Å². The Labute approximate surface area is 231 Å². The molecule has 0 bridgehead atoms. The quantitative estimate of drug-likeness (QED) is 0.336. The number of carbonyl (C=O) groups is 1. The van der Waals surface area contributed by atoms with Crippen LogP contribution < -0.4 is 10.9 Å². The highest BCUT2D eigenvalue weighted by atomic mass is 35.5. The maximum atomic E-state index is 15.4. The van der Waals surface area contributed by atoms with Gasteiger partial charge in [0.1, 0.15) is 12.2 Å². The lowest BCUT2D eigenvalue weighted by Gasteiger charge is -2.33. The molecule has 2 saturated heterocycles. The monoisotopic (exact) mass is 564 g/mol. The molecule has 40 heavy (non-hydrogen) atoms. The fourth-order valence-electron chi connectivity index (χ4n) is 5.95. The standard InChI is InChI=1S/C26H23ClF2N10O/c27-16-2-4-19(38-12-33-36-37-38)22(24(16)29)13-9-14-1-3-20(39(14)21(40)10-13)26-31-11-18(34-26)15-5-7-30-25(23(15)28)17-6-8-32-35-17/h2,4-5,7,10-12,14,17,20,32,35H,1,3,6,8-9H2,(H,31,34)/t14-,17?,20+/m1/s1. The van der Waals surface area contributed by atoms with Crippen LogP contribution in [0.4, 0.5) is 8.78 Å². The number of nitrogens with one attached hydrogen (secondary N) is 3. The highest BCUT2D eigenvalue weighted by molar-refractivity contribution is 6.31. The number of aromatic amines is 1. The third-order valence-electron chi connectivity index (χ3n) is 7.78. The van der Waals surface area contributed by atoms with Crippen LogP contribution in [0.15, 0.2) is 43.0 Å². The molecule has 3 aliphatic rings. The van der Waals surface area contributed by atoms with Gasteiger partial charge in [0, 0.05) is 36.0 Å². The second kappa shape index (κ2) is 9.84. The molecule has 3 aromatic heterocycles. The van der Waals surface area contributed by atoms with E-state index in [4.69, 9.17) is 11.6 Å². The number of rotatable bonds is 5. The molecular formula is C26H23ClF2N10O. The number of H-pyrrole nitrogens is 1. The van der Waals surface area contributed by atoms with Crippen molar-refractivity contribution in [3.05, 3.63) is 76.7 Å². The van der Waals surface area contributed by atoms with E-state index in [-0.39, 0.29) is 34.6 Å². The predicted molar refractivity (Wildman–Crippen MR) is 140 cm³/mol. The first-order valence-electron chi connectivity index (χ1n) is 12.9. The van der Waals surface area contributed by atoms with E-state index >= 15 is 8.78 Å². The summed E-state index contributed by atoms with van der Waals surface area (Å²) in [4.78, 5) is 27.3. The van der Waals surface area contributed by atoms with Crippen LogP contribution >= 0.6 is 11.6 Å². The maximum Gasteiger partial charge on any atom is 0.247 e. The molecule has 6 heterocycles. The molecule has 3 aliphatic heterocycles. The largest absolute Gasteiger partial charge is 0.340 e. The van der Waals surface area contributed by atoms with Crippen molar-refractivity contribution < 1.29 is 13.6 Å². The van der Waals surface area contributed by atoms with Gasteiger partial charge in [-0.15, -0.1) is 5.10 Å². The molecule has 0 spiro atoms. The summed E-state index contributed by atoms with van der Waals surface area (Å²) in [6.07, 6.45) is 8.48. The Morgan fingerprint density at radius 2 is 1.98 bits per heavy atom. The van der Waals surface area contributed by atoms with Crippen LogP contribution in [-0.4, -0.2) is 58.6 Å². The lowest BCUT2D eigenvalue weighted by molar-refractivity contribution is -0.129. The summed E-state index contributed by atoms with van der Waals surface area (Å²) in [7, 11) is 0. The molecule has 1 amide bonds. The van der Waals surface area contributed by atoms with Crippen LogP contribution in [-0.2, 0) is 4.79 Å². The van der Waals surface area contributed by atoms with Gasteiger partial charge in [0.25, 0.3) is 0 Å². The molecule has 0 saturated carbocycles. The van der Waals surface area contributed by atoms with Gasteiger partial charge in [0.15, 0.2) is 11.6 Å². The van der Waals surface area contributed by atoms with Gasteiger partial charge < -0.3 is 9.88 Å². The van der Waals surface area contributed by atoms with Crippen molar-refractivity contribution >= 4 is 23.1 Å². The molecular weight excluding hydrogens is 542 g/mol. The molecule has 3 N–H and O–H groups in total. The Hall–Kier alpha value is -4.07. The van der Waals surface area contributed by atoms with Gasteiger partial charge in [0.2, 0.25) is 5.91 Å². The zero-order chi connectivity index (χ0) is 27.4. The Bertz CT molecular complexity index is 1630. The van der Waals surface area contributed by atoms with Gasteiger partial charge >= 0.3 is 0 Å². The van der Waals surface area contributed by atoms with Crippen molar-refractivity contribution in [2.75, 3.05) is 6.54 Å². The number of amides is 1. The van der Waals surface area contributed by atoms with Crippen molar-refractivity contribution in [1.82, 2.24) is 50.9 Å². The van der Waals surface area contributed by atoms with Crippen LogP contribution in [0.1, 0.15) is 54.8 Å². The van der Waals surface area contributed by atoms with Crippen molar-refractivity contribution in [2.45, 2.75) is 43.8 Å². The smallest absolute Gasteiger partial charge is 0.247 e. The highest BCUT2D eigenvalue weighted by Crippen LogP contribution is 2.44. The van der Waals surface area contributed by atoms with Gasteiger partial charge in [0.05, 0.1) is 40.4 Å². The fraction of sp³-hybridized carbons (Fsp3) is 0.308. The molecule has 3 atom stereocenters. The maximum absolute atomic E-state index is 15.4. The van der Waals surface area contributed by atoms with Gasteiger partial charge in [-0.2, -0.15) is 4.68 Å². The SMILES string of the molecule is O=C1C=C(c2c(-n3cnnn3)ccc(Cl)c2F)C[C@H]2CC[C@@H](c3ncc(-c4ccnc(C5CCNN5)c4F)[nH]3)N12. The zero-order valence-electron chi connectivity index (χ0n) is 21.0. The molecule has 1 unspecified atom stereocenters. The summed E-state index contributed by atoms with van der Waals surface area (Å²) >= 11 is 6.12. The molecule has 11 nitrogen and oxygen atoms in total. The molecule has 0 aliphatic carbocycles. The van der Waals surface area contributed by atoms with Crippen LogP contribution in [0.25, 0.3) is 22.5 Å². The van der Waals surface area contributed by atoms with Gasteiger partial charge in [-0.25, -0.2) is 19.2 Å². The summed E-state index contributed by atoms with van der Waals surface area (Å²) in [6, 6.07) is 3.97. The Morgan fingerprint density at radius 1 is 1.07 bits per heavy atom. The number of tetrazole rings is 1. The number of hydrogen-bond acceptors (Lipinski definition) is 8. The topological polar surface area (TPSA) is 130 Å². The van der Waals surface area contributed by atoms with Gasteiger partial charge in [-0.05, 0) is 59.9 Å². The molecule has 14 heteroatoms. The van der Waals surface area contributed by atoms with E-state index < -0.39 is 11.6 Å². The Kier molecular flexibility index (Phi) is 6.13. The predicted octanol–water partition coefficient (Wildman–Crippen LogP) is 3.44. The number of pyridine rings is 1. The minimum Gasteiger partial charge on any atom is -0.340 e. The number of hydrazine groups is 1. The number of halogens is 3. The third kappa shape index (κ3) is 4.08. The summed E-state index contributed by atoms with van der Waals surface area (Å²) < 4.78 is 32.1. The molecule has 0 radical (unpaired) electrons. The number of hydrogen-bond donors (Lipinski definition) is 3. The minimum absolute atomic E-state index is 0.0542. The van der Waals surface area contributed by atoms with Crippen molar-refractivity contribution in [3.8, 4) is 16.9 Å². The minimum atomic E-state index is -0.630. The van der Waals surface area contributed by atoms with Crippen LogP contribution in [0, 0.1) is 11.6 Å². The molecule has 2 fully saturated rings. The number of nitrogens with zero attached hydrogens (tertiary/aromatic N) is 7. The fourth-order valence-corrected chi connectivity index (χ4v) is 6.10. The van der Waals surface area contributed by atoms with Crippen molar-refractivity contribution in [2.24, 2.45) is 0 Å². The van der Waals surface area contributed by atoms with Crippen molar-refractivity contribution in [3.63, 3.8) is 0 Å². The summed E-state index contributed by atoms with van der Waals surface area (Å²) in [5, 5.41) is 11.1. The average molecular weight is 565 g/mol.